The highest BCUT2D eigenvalue weighted by atomic mass is 35.5. The highest BCUT2D eigenvalue weighted by Crippen LogP contribution is 2.17. The summed E-state index contributed by atoms with van der Waals surface area (Å²) in [5.41, 5.74) is 10.4. The van der Waals surface area contributed by atoms with Crippen LogP contribution in [-0.4, -0.2) is 41.8 Å². The molecule has 0 amide bonds. The molecule has 0 bridgehead atoms. The van der Waals surface area contributed by atoms with Gasteiger partial charge in [0.05, 0.1) is 0 Å². The van der Waals surface area contributed by atoms with Crippen LogP contribution in [0, 0.1) is 0 Å². The lowest BCUT2D eigenvalue weighted by molar-refractivity contribution is 0.112. The normalized spacial score (nSPS) is 12.8. The first-order chi connectivity index (χ1) is 6.56. The number of aliphatic imine (C=N–C) groups is 1. The van der Waals surface area contributed by atoms with E-state index < -0.39 is 8.80 Å². The Morgan fingerprint density at radius 3 is 1.80 bits per heavy atom. The minimum absolute atomic E-state index is 0. The summed E-state index contributed by atoms with van der Waals surface area (Å²) in [5.74, 6) is 0.0138. The van der Waals surface area contributed by atoms with E-state index in [1.807, 2.05) is 6.92 Å². The Kier molecular flexibility index (Phi) is 8.97. The quantitative estimate of drug-likeness (QED) is 0.393. The average molecular weight is 258 g/mol. The predicted molar refractivity (Wildman–Crippen MR) is 63.9 cm³/mol. The first kappa shape index (κ1) is 17.1. The Hall–Kier alpha value is -0.343. The molecule has 0 aromatic heterocycles. The second-order valence-electron chi connectivity index (χ2n) is 2.69. The number of rotatable bonds is 6. The molecule has 15 heavy (non-hydrogen) atoms. The van der Waals surface area contributed by atoms with Gasteiger partial charge in [0.1, 0.15) is 5.67 Å². The molecule has 1 unspecified atom stereocenters. The Morgan fingerprint density at radius 1 is 1.20 bits per heavy atom. The van der Waals surface area contributed by atoms with Crippen LogP contribution in [0.4, 0.5) is 0 Å². The smallest absolute Gasteiger partial charge is 0.376 e. The average Bonchev–Trinajstić information content (AvgIpc) is 2.19. The van der Waals surface area contributed by atoms with Crippen molar-refractivity contribution in [3.05, 3.63) is 0 Å². The topological polar surface area (TPSA) is 92.1 Å². The van der Waals surface area contributed by atoms with Crippen LogP contribution in [0.15, 0.2) is 4.99 Å². The molecule has 0 aromatic rings. The maximum atomic E-state index is 5.31. The first-order valence-electron chi connectivity index (χ1n) is 4.30. The van der Waals surface area contributed by atoms with E-state index in [1.54, 1.807) is 0 Å². The highest BCUT2D eigenvalue weighted by molar-refractivity contribution is 6.62. The van der Waals surface area contributed by atoms with E-state index in [1.165, 1.54) is 21.3 Å². The van der Waals surface area contributed by atoms with Gasteiger partial charge in [-0.25, -0.2) is 4.99 Å². The van der Waals surface area contributed by atoms with E-state index in [2.05, 4.69) is 4.99 Å². The highest BCUT2D eigenvalue weighted by Gasteiger charge is 2.46. The third-order valence-corrected chi connectivity index (χ3v) is 5.01. The van der Waals surface area contributed by atoms with Crippen LogP contribution in [0.2, 0.25) is 0 Å². The van der Waals surface area contributed by atoms with E-state index in [0.29, 0.717) is 6.42 Å². The molecule has 0 aliphatic heterocycles. The van der Waals surface area contributed by atoms with Crippen molar-refractivity contribution in [2.75, 3.05) is 21.3 Å². The molecule has 0 aliphatic rings. The van der Waals surface area contributed by atoms with E-state index in [-0.39, 0.29) is 24.0 Å². The SMILES string of the molecule is CCC(N=C(N)N)[Si](OC)(OC)OC.Cl. The van der Waals surface area contributed by atoms with Crippen molar-refractivity contribution in [2.45, 2.75) is 19.0 Å². The van der Waals surface area contributed by atoms with Gasteiger partial charge in [-0.3, -0.25) is 0 Å². The van der Waals surface area contributed by atoms with Gasteiger partial charge >= 0.3 is 8.80 Å². The van der Waals surface area contributed by atoms with Gasteiger partial charge in [0, 0.05) is 21.3 Å². The van der Waals surface area contributed by atoms with Gasteiger partial charge < -0.3 is 24.7 Å². The molecular formula is C7H20ClN3O3Si. The van der Waals surface area contributed by atoms with Crippen molar-refractivity contribution >= 4 is 27.2 Å². The van der Waals surface area contributed by atoms with Crippen LogP contribution in [0.5, 0.6) is 0 Å². The van der Waals surface area contributed by atoms with Crippen molar-refractivity contribution in [3.63, 3.8) is 0 Å². The molecule has 0 radical (unpaired) electrons. The number of guanidine groups is 1. The van der Waals surface area contributed by atoms with E-state index >= 15 is 0 Å². The Balaban J connectivity index is 0. The molecular weight excluding hydrogens is 238 g/mol. The molecule has 0 spiro atoms. The molecule has 1 atom stereocenters. The van der Waals surface area contributed by atoms with Gasteiger partial charge in [0.25, 0.3) is 0 Å². The third-order valence-electron chi connectivity index (χ3n) is 1.95. The molecule has 0 aliphatic carbocycles. The summed E-state index contributed by atoms with van der Waals surface area (Å²) in [6, 6.07) is 0. The van der Waals surface area contributed by atoms with Crippen LogP contribution < -0.4 is 11.5 Å². The Bertz CT molecular complexity index is 190. The summed E-state index contributed by atoms with van der Waals surface area (Å²) in [4.78, 5) is 4.04. The van der Waals surface area contributed by atoms with E-state index in [0.717, 1.165) is 0 Å². The van der Waals surface area contributed by atoms with E-state index in [9.17, 15) is 0 Å². The summed E-state index contributed by atoms with van der Waals surface area (Å²) >= 11 is 0. The first-order valence-corrected chi connectivity index (χ1v) is 6.10. The maximum Gasteiger partial charge on any atom is 0.526 e. The lowest BCUT2D eigenvalue weighted by atomic mass is 10.5. The number of hydrogen-bond acceptors (Lipinski definition) is 4. The monoisotopic (exact) mass is 257 g/mol. The van der Waals surface area contributed by atoms with Gasteiger partial charge in [-0.2, -0.15) is 0 Å². The number of nitrogens with two attached hydrogens (primary N) is 2. The predicted octanol–water partition coefficient (Wildman–Crippen LogP) is -0.122. The molecule has 0 saturated heterocycles. The molecule has 6 nitrogen and oxygen atoms in total. The largest absolute Gasteiger partial charge is 0.526 e. The summed E-state index contributed by atoms with van der Waals surface area (Å²) in [5, 5.41) is 0. The molecule has 0 heterocycles. The summed E-state index contributed by atoms with van der Waals surface area (Å²) in [6.07, 6.45) is 0.694. The second kappa shape index (κ2) is 7.89. The van der Waals surface area contributed by atoms with Crippen molar-refractivity contribution in [1.82, 2.24) is 0 Å². The van der Waals surface area contributed by atoms with Crippen molar-refractivity contribution in [1.29, 1.82) is 0 Å². The standard InChI is InChI=1S/C7H19N3O3Si.ClH/c1-5-6(10-7(8)9)14(11-2,12-3)13-4;/h6H,5H2,1-4H3,(H4,8,9,10);1H. The molecule has 0 fully saturated rings. The Labute approximate surface area is 97.7 Å². The zero-order valence-electron chi connectivity index (χ0n) is 9.52. The fourth-order valence-electron chi connectivity index (χ4n) is 1.26. The van der Waals surface area contributed by atoms with E-state index in [4.69, 9.17) is 24.7 Å². The van der Waals surface area contributed by atoms with Crippen LogP contribution in [0.1, 0.15) is 13.3 Å². The van der Waals surface area contributed by atoms with Gasteiger partial charge in [0.15, 0.2) is 5.96 Å². The fourth-order valence-corrected chi connectivity index (χ4v) is 3.38. The van der Waals surface area contributed by atoms with Gasteiger partial charge in [-0.05, 0) is 6.42 Å². The molecule has 8 heteroatoms. The zero-order chi connectivity index (χ0) is 11.2. The number of nitrogens with zero attached hydrogens (tertiary/aromatic N) is 1. The maximum absolute atomic E-state index is 5.31. The van der Waals surface area contributed by atoms with Crippen LogP contribution in [-0.2, 0) is 13.3 Å². The van der Waals surface area contributed by atoms with Crippen LogP contribution in [0.3, 0.4) is 0 Å². The lowest BCUT2D eigenvalue weighted by Crippen LogP contribution is -2.54. The van der Waals surface area contributed by atoms with Crippen LogP contribution in [0.25, 0.3) is 0 Å². The lowest BCUT2D eigenvalue weighted by Gasteiger charge is -2.29. The van der Waals surface area contributed by atoms with Crippen molar-refractivity contribution in [2.24, 2.45) is 16.5 Å². The minimum Gasteiger partial charge on any atom is -0.376 e. The van der Waals surface area contributed by atoms with Gasteiger partial charge in [0.2, 0.25) is 0 Å². The number of halogens is 1. The zero-order valence-corrected chi connectivity index (χ0v) is 11.3. The minimum atomic E-state index is -2.76. The molecule has 0 aromatic carbocycles. The van der Waals surface area contributed by atoms with Crippen molar-refractivity contribution in [3.8, 4) is 0 Å². The fraction of sp³-hybridized carbons (Fsp3) is 0.857. The summed E-state index contributed by atoms with van der Waals surface area (Å²) in [7, 11) is 1.84. The summed E-state index contributed by atoms with van der Waals surface area (Å²) < 4.78 is 15.8. The van der Waals surface area contributed by atoms with Gasteiger partial charge in [-0.15, -0.1) is 12.4 Å². The van der Waals surface area contributed by atoms with Gasteiger partial charge in [-0.1, -0.05) is 6.92 Å². The molecule has 0 saturated carbocycles. The Morgan fingerprint density at radius 2 is 1.60 bits per heavy atom. The third kappa shape index (κ3) is 4.35. The molecule has 4 N–H and O–H groups in total. The number of hydrogen-bond donors (Lipinski definition) is 2. The van der Waals surface area contributed by atoms with Crippen LogP contribution >= 0.6 is 12.4 Å². The molecule has 92 valence electrons. The van der Waals surface area contributed by atoms with Crippen molar-refractivity contribution < 1.29 is 13.3 Å². The molecule has 0 rings (SSSR count). The second-order valence-corrected chi connectivity index (χ2v) is 5.79. The summed E-state index contributed by atoms with van der Waals surface area (Å²) in [6.45, 7) is 1.94.